The second-order valence-corrected chi connectivity index (χ2v) is 12.7. The van der Waals surface area contributed by atoms with E-state index in [9.17, 15) is 44.1 Å². The minimum Gasteiger partial charge on any atom is -0.756 e. The molecule has 2 saturated heterocycles. The highest BCUT2D eigenvalue weighted by atomic mass is 31.3. The number of rotatable bonds is 11. The zero-order valence-electron chi connectivity index (χ0n) is 22.2. The molecule has 3 aromatic rings. The van der Waals surface area contributed by atoms with E-state index in [-0.39, 0.29) is 22.5 Å². The number of phosphoric ester groups is 2. The van der Waals surface area contributed by atoms with Crippen LogP contribution in [-0.2, 0) is 32.0 Å². The van der Waals surface area contributed by atoms with Crippen LogP contribution in [0.4, 0.5) is 5.82 Å². The van der Waals surface area contributed by atoms with Crippen LogP contribution >= 0.6 is 15.6 Å². The summed E-state index contributed by atoms with van der Waals surface area (Å²) in [7, 11) is -11.0. The Labute approximate surface area is 246 Å². The van der Waals surface area contributed by atoms with Crippen molar-refractivity contribution in [3.8, 4) is 0 Å². The van der Waals surface area contributed by atoms with Gasteiger partial charge in [-0.2, -0.15) is 4.57 Å². The number of anilines is 1. The number of nitrogen functional groups attached to an aromatic ring is 1. The smallest absolute Gasteiger partial charge is 0.478 e. The molecule has 2 aliphatic rings. The van der Waals surface area contributed by atoms with Gasteiger partial charge >= 0.3 is 7.82 Å². The summed E-state index contributed by atoms with van der Waals surface area (Å²) in [5, 5.41) is 41.6. The van der Waals surface area contributed by atoms with Crippen molar-refractivity contribution in [1.82, 2.24) is 19.5 Å². The van der Waals surface area contributed by atoms with Gasteiger partial charge in [-0.1, -0.05) is 0 Å². The van der Waals surface area contributed by atoms with Crippen molar-refractivity contribution >= 4 is 38.5 Å². The first-order chi connectivity index (χ1) is 20.7. The van der Waals surface area contributed by atoms with Crippen molar-refractivity contribution in [1.29, 1.82) is 0 Å². The van der Waals surface area contributed by atoms with Crippen LogP contribution in [-0.4, -0.2) is 101 Å². The summed E-state index contributed by atoms with van der Waals surface area (Å²) < 4.78 is 51.5. The van der Waals surface area contributed by atoms with Crippen molar-refractivity contribution in [2.24, 2.45) is 5.73 Å². The molecule has 0 bridgehead atoms. The predicted octanol–water partition coefficient (Wildman–Crippen LogP) is -3.65. The molecule has 3 aromatic heterocycles. The fraction of sp³-hybridized carbons (Fsp3) is 0.476. The van der Waals surface area contributed by atoms with E-state index in [1.807, 2.05) is 0 Å². The van der Waals surface area contributed by atoms with E-state index in [1.165, 1.54) is 40.0 Å². The highest BCUT2D eigenvalue weighted by Crippen LogP contribution is 2.58. The minimum absolute atomic E-state index is 0.0423. The van der Waals surface area contributed by atoms with Crippen LogP contribution in [0.2, 0.25) is 0 Å². The fourth-order valence-electron chi connectivity index (χ4n) is 4.57. The van der Waals surface area contributed by atoms with Crippen LogP contribution in [0.5, 0.6) is 0 Å². The molecule has 10 atom stereocenters. The summed E-state index contributed by atoms with van der Waals surface area (Å²) >= 11 is 0. The monoisotopic (exact) mass is 663 g/mol. The van der Waals surface area contributed by atoms with Gasteiger partial charge in [0, 0.05) is 6.07 Å². The standard InChI is InChI=1S/C21H27N7O14P2/c22-17-12-19(25-7-24-17)28(8-26-12)21-16(32)14(30)11(41-21)6-39-44(36,37)42-43(34,35)38-5-10-13(29)15(31)20(40-10)27-3-1-2-9(4-27)18(23)33/h1-4,7-8,10-11,13-16,20-21,29-32H,5-6H2,(H5-,22,23,24,25,33,34,35,36,37)/t10-,11?,13-,14?,15-,16?,20-,21?/m1/s1. The largest absolute Gasteiger partial charge is 0.756 e. The van der Waals surface area contributed by atoms with Gasteiger partial charge in [0.2, 0.25) is 0 Å². The molecule has 5 heterocycles. The average molecular weight is 663 g/mol. The lowest BCUT2D eigenvalue weighted by Gasteiger charge is -2.26. The van der Waals surface area contributed by atoms with Crippen molar-refractivity contribution in [2.45, 2.75) is 49.1 Å². The molecule has 1 amide bonds. The SMILES string of the molecule is NC(=O)c1ccc[n+]([C@@H]2O[C@H](COP(=O)(O)OP(=O)([O-])OCC3OC(n4cnc5c(N)ncnc54)C(O)C3O)[C@@H](O)[C@H]2O)c1. The predicted molar refractivity (Wildman–Crippen MR) is 137 cm³/mol. The summed E-state index contributed by atoms with van der Waals surface area (Å²) in [5.74, 6) is -0.729. The first-order valence-corrected chi connectivity index (χ1v) is 15.5. The third kappa shape index (κ3) is 6.65. The van der Waals surface area contributed by atoms with Crippen molar-refractivity contribution in [2.75, 3.05) is 18.9 Å². The zero-order chi connectivity index (χ0) is 32.0. The number of imidazole rings is 1. The molecule has 23 heteroatoms. The Kier molecular flexibility index (Phi) is 9.13. The number of aliphatic hydroxyl groups excluding tert-OH is 4. The van der Waals surface area contributed by atoms with Crippen molar-refractivity contribution in [3.63, 3.8) is 0 Å². The summed E-state index contributed by atoms with van der Waals surface area (Å²) in [6, 6.07) is 2.82. The topological polar surface area (TPSA) is 321 Å². The lowest BCUT2D eigenvalue weighted by atomic mass is 10.1. The minimum atomic E-state index is -5.62. The maximum Gasteiger partial charge on any atom is 0.478 e. The number of nitrogens with zero attached hydrogens (tertiary/aromatic N) is 5. The van der Waals surface area contributed by atoms with Crippen LogP contribution in [0.15, 0.2) is 37.2 Å². The highest BCUT2D eigenvalue weighted by Gasteiger charge is 2.49. The molecule has 0 aromatic carbocycles. The lowest BCUT2D eigenvalue weighted by molar-refractivity contribution is -0.765. The lowest BCUT2D eigenvalue weighted by Crippen LogP contribution is -2.46. The number of hydrogen-bond acceptors (Lipinski definition) is 17. The van der Waals surface area contributed by atoms with Crippen LogP contribution in [0, 0.1) is 0 Å². The van der Waals surface area contributed by atoms with Crippen LogP contribution in [0.3, 0.4) is 0 Å². The summed E-state index contributed by atoms with van der Waals surface area (Å²) in [6.45, 7) is -1.89. The Morgan fingerprint density at radius 3 is 2.45 bits per heavy atom. The molecule has 240 valence electrons. The van der Waals surface area contributed by atoms with Gasteiger partial charge in [0.25, 0.3) is 20.0 Å². The number of amides is 1. The Balaban J connectivity index is 1.16. The highest BCUT2D eigenvalue weighted by molar-refractivity contribution is 7.60. The van der Waals surface area contributed by atoms with Crippen LogP contribution in [0.25, 0.3) is 11.2 Å². The fourth-order valence-corrected chi connectivity index (χ4v) is 6.62. The van der Waals surface area contributed by atoms with E-state index in [0.29, 0.717) is 0 Å². The number of hydrogen-bond donors (Lipinski definition) is 7. The second-order valence-electron chi connectivity index (χ2n) is 9.67. The van der Waals surface area contributed by atoms with Gasteiger partial charge in [-0.05, 0) is 6.07 Å². The van der Waals surface area contributed by atoms with Gasteiger partial charge in [-0.3, -0.25) is 18.5 Å². The number of aromatic nitrogens is 5. The summed E-state index contributed by atoms with van der Waals surface area (Å²) in [4.78, 5) is 45.5. The number of ether oxygens (including phenoxy) is 2. The number of fused-ring (bicyclic) bond motifs is 1. The molecule has 5 rings (SSSR count). The van der Waals surface area contributed by atoms with Crippen molar-refractivity contribution in [3.05, 3.63) is 42.7 Å². The molecule has 0 radical (unpaired) electrons. The second kappa shape index (κ2) is 12.4. The normalized spacial score (nSPS) is 31.6. The molecular formula is C21H27N7O14P2. The zero-order valence-corrected chi connectivity index (χ0v) is 24.0. The maximum absolute atomic E-state index is 12.4. The van der Waals surface area contributed by atoms with Crippen LogP contribution in [0.1, 0.15) is 22.8 Å². The van der Waals surface area contributed by atoms with E-state index in [0.717, 1.165) is 6.33 Å². The van der Waals surface area contributed by atoms with E-state index in [4.69, 9.17) is 20.9 Å². The molecule has 9 N–H and O–H groups in total. The third-order valence-corrected chi connectivity index (χ3v) is 9.30. The molecule has 2 aliphatic heterocycles. The Morgan fingerprint density at radius 1 is 1.05 bits per heavy atom. The van der Waals surface area contributed by atoms with E-state index < -0.39 is 83.8 Å². The molecular weight excluding hydrogens is 636 g/mol. The van der Waals surface area contributed by atoms with Gasteiger partial charge in [-0.25, -0.2) is 23.8 Å². The maximum atomic E-state index is 12.4. The van der Waals surface area contributed by atoms with E-state index >= 15 is 0 Å². The van der Waals surface area contributed by atoms with Gasteiger partial charge in [0.1, 0.15) is 47.9 Å². The quantitative estimate of drug-likeness (QED) is 0.0768. The number of phosphoric acid groups is 2. The molecule has 6 unspecified atom stereocenters. The number of pyridine rings is 1. The summed E-state index contributed by atoms with van der Waals surface area (Å²) in [6.07, 6.45) is -7.05. The number of aliphatic hydroxyl groups is 4. The van der Waals surface area contributed by atoms with Crippen molar-refractivity contribution < 1.29 is 71.5 Å². The Morgan fingerprint density at radius 2 is 1.73 bits per heavy atom. The average Bonchev–Trinajstić information content (AvgIpc) is 3.61. The van der Waals surface area contributed by atoms with Gasteiger partial charge in [0.15, 0.2) is 36.2 Å². The number of carbonyl (C=O) groups excluding carboxylic acids is 1. The molecule has 44 heavy (non-hydrogen) atoms. The van der Waals surface area contributed by atoms with E-state index in [2.05, 4.69) is 28.3 Å². The van der Waals surface area contributed by atoms with Gasteiger partial charge in [0.05, 0.1) is 19.5 Å². The molecule has 2 fully saturated rings. The molecule has 0 spiro atoms. The summed E-state index contributed by atoms with van der Waals surface area (Å²) in [5.41, 5.74) is 11.4. The van der Waals surface area contributed by atoms with Gasteiger partial charge in [-0.15, -0.1) is 0 Å². The van der Waals surface area contributed by atoms with E-state index in [1.54, 1.807) is 0 Å². The first-order valence-electron chi connectivity index (χ1n) is 12.6. The number of carbonyl (C=O) groups is 1. The first kappa shape index (κ1) is 32.4. The third-order valence-electron chi connectivity index (χ3n) is 6.74. The number of nitrogens with two attached hydrogens (primary N) is 2. The Hall–Kier alpha value is -3.01. The Bertz CT molecular complexity index is 1630. The molecule has 21 nitrogen and oxygen atoms in total. The van der Waals surface area contributed by atoms with Crippen LogP contribution < -0.4 is 20.9 Å². The molecule has 0 aliphatic carbocycles. The van der Waals surface area contributed by atoms with Gasteiger partial charge < -0.3 is 55.7 Å². The molecule has 0 saturated carbocycles. The number of primary amides is 1.